The molecule has 0 atom stereocenters. The lowest BCUT2D eigenvalue weighted by atomic mass is 10.2. The SMILES string of the molecule is COCCNC(=O)CN1CCN(C(=O)c2c(C)nn(-c3ccc(F)cc3)c2Cl)CC1. The van der Waals surface area contributed by atoms with Gasteiger partial charge in [0.05, 0.1) is 30.1 Å². The lowest BCUT2D eigenvalue weighted by Crippen LogP contribution is -2.51. The number of nitrogens with one attached hydrogen (secondary N) is 1. The molecule has 10 heteroatoms. The highest BCUT2D eigenvalue weighted by atomic mass is 35.5. The van der Waals surface area contributed by atoms with Gasteiger partial charge in [0.15, 0.2) is 0 Å². The molecule has 0 bridgehead atoms. The minimum Gasteiger partial charge on any atom is -0.383 e. The van der Waals surface area contributed by atoms with Gasteiger partial charge in [-0.3, -0.25) is 14.5 Å². The number of carbonyl (C=O) groups is 2. The number of benzene rings is 1. The average molecular weight is 438 g/mol. The van der Waals surface area contributed by atoms with Crippen LogP contribution in [0.3, 0.4) is 0 Å². The summed E-state index contributed by atoms with van der Waals surface area (Å²) in [5.74, 6) is -0.623. The highest BCUT2D eigenvalue weighted by Gasteiger charge is 2.28. The van der Waals surface area contributed by atoms with Gasteiger partial charge in [0.2, 0.25) is 5.91 Å². The van der Waals surface area contributed by atoms with Gasteiger partial charge in [0.1, 0.15) is 11.0 Å². The molecule has 2 amide bonds. The molecule has 1 aromatic heterocycles. The van der Waals surface area contributed by atoms with Crippen LogP contribution in [0.25, 0.3) is 5.69 Å². The van der Waals surface area contributed by atoms with Crippen molar-refractivity contribution in [2.45, 2.75) is 6.92 Å². The van der Waals surface area contributed by atoms with Crippen molar-refractivity contribution in [3.8, 4) is 5.69 Å². The van der Waals surface area contributed by atoms with Gasteiger partial charge in [0, 0.05) is 39.8 Å². The van der Waals surface area contributed by atoms with Crippen molar-refractivity contribution in [2.24, 2.45) is 0 Å². The molecule has 1 fully saturated rings. The van der Waals surface area contributed by atoms with E-state index in [0.29, 0.717) is 56.3 Å². The fourth-order valence-corrected chi connectivity index (χ4v) is 3.67. The number of halogens is 2. The summed E-state index contributed by atoms with van der Waals surface area (Å²) >= 11 is 6.46. The minimum atomic E-state index is -0.361. The Labute approximate surface area is 179 Å². The highest BCUT2D eigenvalue weighted by molar-refractivity contribution is 6.33. The third-order valence-electron chi connectivity index (χ3n) is 4.94. The molecule has 1 aliphatic heterocycles. The van der Waals surface area contributed by atoms with Crippen LogP contribution in [0.2, 0.25) is 5.15 Å². The number of methoxy groups -OCH3 is 1. The van der Waals surface area contributed by atoms with E-state index in [1.165, 1.54) is 16.8 Å². The van der Waals surface area contributed by atoms with Gasteiger partial charge in [-0.2, -0.15) is 5.10 Å². The van der Waals surface area contributed by atoms with Crippen molar-refractivity contribution < 1.29 is 18.7 Å². The maximum Gasteiger partial charge on any atom is 0.258 e. The summed E-state index contributed by atoms with van der Waals surface area (Å²) in [6, 6.07) is 5.74. The third-order valence-corrected chi connectivity index (χ3v) is 5.29. The summed E-state index contributed by atoms with van der Waals surface area (Å²) in [4.78, 5) is 28.7. The van der Waals surface area contributed by atoms with E-state index < -0.39 is 0 Å². The van der Waals surface area contributed by atoms with Crippen molar-refractivity contribution in [1.29, 1.82) is 0 Å². The molecule has 0 saturated carbocycles. The fraction of sp³-hybridized carbons (Fsp3) is 0.450. The largest absolute Gasteiger partial charge is 0.383 e. The molecule has 1 saturated heterocycles. The third kappa shape index (κ3) is 5.16. The van der Waals surface area contributed by atoms with Crippen LogP contribution in [0.15, 0.2) is 24.3 Å². The summed E-state index contributed by atoms with van der Waals surface area (Å²) < 4.78 is 19.5. The van der Waals surface area contributed by atoms with E-state index in [1.54, 1.807) is 31.1 Å². The number of aromatic nitrogens is 2. The number of hydrogen-bond donors (Lipinski definition) is 1. The van der Waals surface area contributed by atoms with Crippen LogP contribution in [0.4, 0.5) is 4.39 Å². The van der Waals surface area contributed by atoms with Crippen molar-refractivity contribution in [1.82, 2.24) is 24.9 Å². The predicted molar refractivity (Wildman–Crippen MR) is 110 cm³/mol. The molecule has 0 radical (unpaired) electrons. The van der Waals surface area contributed by atoms with E-state index in [9.17, 15) is 14.0 Å². The molecule has 162 valence electrons. The van der Waals surface area contributed by atoms with Crippen LogP contribution in [0.5, 0.6) is 0 Å². The van der Waals surface area contributed by atoms with Gasteiger partial charge in [-0.05, 0) is 31.2 Å². The smallest absolute Gasteiger partial charge is 0.258 e. The van der Waals surface area contributed by atoms with Gasteiger partial charge in [-0.15, -0.1) is 0 Å². The zero-order valence-electron chi connectivity index (χ0n) is 17.0. The number of nitrogens with zero attached hydrogens (tertiary/aromatic N) is 4. The van der Waals surface area contributed by atoms with E-state index in [2.05, 4.69) is 10.4 Å². The van der Waals surface area contributed by atoms with Gasteiger partial charge in [-0.25, -0.2) is 9.07 Å². The normalized spacial score (nSPS) is 14.7. The van der Waals surface area contributed by atoms with Crippen LogP contribution in [0, 0.1) is 12.7 Å². The van der Waals surface area contributed by atoms with Crippen molar-refractivity contribution in [2.75, 3.05) is 53.0 Å². The predicted octanol–water partition coefficient (Wildman–Crippen LogP) is 1.49. The Bertz CT molecular complexity index is 895. The monoisotopic (exact) mass is 437 g/mol. The Morgan fingerprint density at radius 1 is 1.20 bits per heavy atom. The summed E-state index contributed by atoms with van der Waals surface area (Å²) in [6.07, 6.45) is 0. The summed E-state index contributed by atoms with van der Waals surface area (Å²) in [5.41, 5.74) is 1.42. The van der Waals surface area contributed by atoms with Crippen molar-refractivity contribution in [3.63, 3.8) is 0 Å². The standard InChI is InChI=1S/C20H25ClFN5O3/c1-14-18(19(21)27(24-14)16-5-3-15(22)4-6-16)20(29)26-10-8-25(9-11-26)13-17(28)23-7-12-30-2/h3-6H,7-13H2,1-2H3,(H,23,28). The van der Waals surface area contributed by atoms with Gasteiger partial charge in [0.25, 0.3) is 5.91 Å². The van der Waals surface area contributed by atoms with Crippen molar-refractivity contribution in [3.05, 3.63) is 46.5 Å². The molecule has 0 aliphatic carbocycles. The number of ether oxygens (including phenoxy) is 1. The van der Waals surface area contributed by atoms with E-state index in [1.807, 2.05) is 4.90 Å². The lowest BCUT2D eigenvalue weighted by Gasteiger charge is -2.34. The minimum absolute atomic E-state index is 0.0636. The first kappa shape index (κ1) is 22.2. The Balaban J connectivity index is 1.61. The summed E-state index contributed by atoms with van der Waals surface area (Å²) in [6.45, 7) is 5.11. The Hall–Kier alpha value is -2.49. The number of carbonyl (C=O) groups excluding carboxylic acids is 2. The van der Waals surface area contributed by atoms with E-state index in [4.69, 9.17) is 16.3 Å². The summed E-state index contributed by atoms with van der Waals surface area (Å²) in [7, 11) is 1.58. The number of hydrogen-bond acceptors (Lipinski definition) is 5. The Morgan fingerprint density at radius 2 is 1.87 bits per heavy atom. The Morgan fingerprint density at radius 3 is 2.50 bits per heavy atom. The molecule has 3 rings (SSSR count). The van der Waals surface area contributed by atoms with Crippen LogP contribution in [-0.2, 0) is 9.53 Å². The fourth-order valence-electron chi connectivity index (χ4n) is 3.31. The van der Waals surface area contributed by atoms with E-state index >= 15 is 0 Å². The first-order valence-electron chi connectivity index (χ1n) is 9.69. The number of aryl methyl sites for hydroxylation is 1. The maximum atomic E-state index is 13.2. The van der Waals surface area contributed by atoms with E-state index in [0.717, 1.165) is 0 Å². The van der Waals surface area contributed by atoms with Crippen LogP contribution < -0.4 is 5.32 Å². The number of piperazine rings is 1. The molecule has 0 unspecified atom stereocenters. The van der Waals surface area contributed by atoms with Gasteiger partial charge >= 0.3 is 0 Å². The molecule has 30 heavy (non-hydrogen) atoms. The first-order valence-corrected chi connectivity index (χ1v) is 10.1. The topological polar surface area (TPSA) is 79.7 Å². The summed E-state index contributed by atoms with van der Waals surface area (Å²) in [5, 5.41) is 7.34. The first-order chi connectivity index (χ1) is 14.4. The molecule has 1 aliphatic rings. The van der Waals surface area contributed by atoms with Crippen molar-refractivity contribution >= 4 is 23.4 Å². The molecule has 2 aromatic rings. The second kappa shape index (κ2) is 10.0. The molecule has 1 aromatic carbocycles. The molecular formula is C20H25ClFN5O3. The highest BCUT2D eigenvalue weighted by Crippen LogP contribution is 2.25. The maximum absolute atomic E-state index is 13.2. The van der Waals surface area contributed by atoms with Crippen LogP contribution in [-0.4, -0.2) is 84.4 Å². The molecule has 0 spiro atoms. The second-order valence-electron chi connectivity index (χ2n) is 7.05. The second-order valence-corrected chi connectivity index (χ2v) is 7.41. The average Bonchev–Trinajstić information content (AvgIpc) is 3.03. The number of amides is 2. The molecule has 2 heterocycles. The molecule has 8 nitrogen and oxygen atoms in total. The molecule has 1 N–H and O–H groups in total. The van der Waals surface area contributed by atoms with E-state index in [-0.39, 0.29) is 29.3 Å². The van der Waals surface area contributed by atoms with Crippen LogP contribution in [0.1, 0.15) is 16.1 Å². The lowest BCUT2D eigenvalue weighted by molar-refractivity contribution is -0.122. The Kier molecular flexibility index (Phi) is 7.41. The zero-order chi connectivity index (χ0) is 21.7. The zero-order valence-corrected chi connectivity index (χ0v) is 17.8. The van der Waals surface area contributed by atoms with Crippen LogP contribution >= 0.6 is 11.6 Å². The van der Waals surface area contributed by atoms with Gasteiger partial charge < -0.3 is 15.0 Å². The quantitative estimate of drug-likeness (QED) is 0.664. The van der Waals surface area contributed by atoms with Gasteiger partial charge in [-0.1, -0.05) is 11.6 Å². The number of rotatable bonds is 7. The molecular weight excluding hydrogens is 413 g/mol.